The lowest BCUT2D eigenvalue weighted by Crippen LogP contribution is -2.39. The maximum Gasteiger partial charge on any atom is 0.274 e. The summed E-state index contributed by atoms with van der Waals surface area (Å²) in [4.78, 5) is 34.7. The fraction of sp³-hybridized carbons (Fsp3) is 0.500. The second-order valence-electron chi connectivity index (χ2n) is 9.38. The summed E-state index contributed by atoms with van der Waals surface area (Å²) in [7, 11) is 0. The van der Waals surface area contributed by atoms with E-state index in [-0.39, 0.29) is 11.8 Å². The largest absolute Gasteiger partial charge is 0.337 e. The van der Waals surface area contributed by atoms with Crippen molar-refractivity contribution >= 4 is 11.8 Å². The second-order valence-corrected chi connectivity index (χ2v) is 9.38. The fourth-order valence-electron chi connectivity index (χ4n) is 5.08. The number of aromatic nitrogens is 5. The Balaban J connectivity index is 1.38. The average Bonchev–Trinajstić information content (AvgIpc) is 3.54. The Morgan fingerprint density at radius 1 is 1.03 bits per heavy atom. The van der Waals surface area contributed by atoms with Gasteiger partial charge in [0.2, 0.25) is 0 Å². The number of fused-ring (bicyclic) bond motifs is 1. The molecule has 3 aromatic rings. The molecular weight excluding hydrogens is 442 g/mol. The van der Waals surface area contributed by atoms with E-state index in [4.69, 9.17) is 5.10 Å². The number of rotatable bonds is 7. The number of amides is 2. The maximum atomic E-state index is 13.5. The van der Waals surface area contributed by atoms with Gasteiger partial charge < -0.3 is 9.80 Å². The minimum Gasteiger partial charge on any atom is -0.337 e. The van der Waals surface area contributed by atoms with Crippen molar-refractivity contribution < 1.29 is 9.59 Å². The number of piperidine rings is 1. The monoisotopic (exact) mass is 475 g/mol. The molecule has 9 nitrogen and oxygen atoms in total. The average molecular weight is 476 g/mol. The highest BCUT2D eigenvalue weighted by atomic mass is 16.2. The Morgan fingerprint density at radius 3 is 2.63 bits per heavy atom. The van der Waals surface area contributed by atoms with Crippen LogP contribution in [0.4, 0.5) is 0 Å². The number of hydrogen-bond acceptors (Lipinski definition) is 5. The van der Waals surface area contributed by atoms with E-state index in [1.54, 1.807) is 23.3 Å². The Morgan fingerprint density at radius 2 is 1.89 bits per heavy atom. The zero-order valence-electron chi connectivity index (χ0n) is 20.4. The lowest BCUT2D eigenvalue weighted by Gasteiger charge is -2.29. The second kappa shape index (κ2) is 10.4. The molecule has 1 fully saturated rings. The Hall–Kier alpha value is -3.49. The number of aryl methyl sites for hydroxylation is 3. The van der Waals surface area contributed by atoms with Crippen molar-refractivity contribution in [3.63, 3.8) is 0 Å². The van der Waals surface area contributed by atoms with Gasteiger partial charge >= 0.3 is 0 Å². The molecule has 0 atom stereocenters. The van der Waals surface area contributed by atoms with E-state index in [2.05, 4.69) is 16.1 Å². The van der Waals surface area contributed by atoms with Crippen LogP contribution < -0.4 is 0 Å². The number of hydrogen-bond donors (Lipinski definition) is 0. The summed E-state index contributed by atoms with van der Waals surface area (Å²) in [6.07, 6.45) is 12.8. The fourth-order valence-corrected chi connectivity index (χ4v) is 5.08. The van der Waals surface area contributed by atoms with E-state index in [1.165, 1.54) is 12.0 Å². The van der Waals surface area contributed by atoms with Gasteiger partial charge in [0.05, 0.1) is 18.3 Å². The molecule has 3 aromatic heterocycles. The summed E-state index contributed by atoms with van der Waals surface area (Å²) in [6.45, 7) is 6.02. The van der Waals surface area contributed by atoms with Gasteiger partial charge in [-0.3, -0.25) is 23.9 Å². The molecule has 35 heavy (non-hydrogen) atoms. The van der Waals surface area contributed by atoms with Crippen molar-refractivity contribution in [2.45, 2.75) is 65.1 Å². The van der Waals surface area contributed by atoms with Crippen LogP contribution in [0.25, 0.3) is 0 Å². The summed E-state index contributed by atoms with van der Waals surface area (Å²) in [5.41, 5.74) is 4.30. The summed E-state index contributed by atoms with van der Waals surface area (Å²) in [6, 6.07) is 4.04. The quantitative estimate of drug-likeness (QED) is 0.524. The van der Waals surface area contributed by atoms with Gasteiger partial charge in [-0.15, -0.1) is 0 Å². The molecule has 0 saturated carbocycles. The van der Waals surface area contributed by atoms with Gasteiger partial charge in [0.1, 0.15) is 0 Å². The molecule has 2 amide bonds. The zero-order chi connectivity index (χ0) is 24.2. The van der Waals surface area contributed by atoms with E-state index in [1.807, 2.05) is 33.7 Å². The zero-order valence-corrected chi connectivity index (χ0v) is 20.4. The molecular formula is C26H33N7O2. The topological polar surface area (TPSA) is 89.2 Å². The molecule has 184 valence electrons. The summed E-state index contributed by atoms with van der Waals surface area (Å²) in [5.74, 6) is -0.0453. The molecule has 0 N–H and O–H groups in total. The van der Waals surface area contributed by atoms with Crippen molar-refractivity contribution in [1.29, 1.82) is 0 Å². The molecule has 0 spiro atoms. The number of carbonyl (C=O) groups excluding carboxylic acids is 2. The van der Waals surface area contributed by atoms with Crippen LogP contribution in [0.2, 0.25) is 0 Å². The normalized spacial score (nSPS) is 15.8. The van der Waals surface area contributed by atoms with E-state index < -0.39 is 0 Å². The third-order valence-corrected chi connectivity index (χ3v) is 7.03. The van der Waals surface area contributed by atoms with Crippen LogP contribution in [0, 0.1) is 0 Å². The number of pyridine rings is 1. The van der Waals surface area contributed by atoms with E-state index in [0.29, 0.717) is 30.8 Å². The molecule has 0 aromatic carbocycles. The van der Waals surface area contributed by atoms with Gasteiger partial charge in [0.25, 0.3) is 11.8 Å². The van der Waals surface area contributed by atoms with Crippen LogP contribution >= 0.6 is 0 Å². The van der Waals surface area contributed by atoms with Crippen molar-refractivity contribution in [2.24, 2.45) is 0 Å². The molecule has 1 saturated heterocycles. The maximum absolute atomic E-state index is 13.5. The van der Waals surface area contributed by atoms with Crippen molar-refractivity contribution in [3.8, 4) is 0 Å². The highest BCUT2D eigenvalue weighted by Gasteiger charge is 2.32. The summed E-state index contributed by atoms with van der Waals surface area (Å²) >= 11 is 0. The molecule has 5 rings (SSSR count). The predicted molar refractivity (Wildman–Crippen MR) is 131 cm³/mol. The standard InChI is InChI=1S/C26H33N7O2/c1-2-32-18-21(17-28-32)25(34)31-15-10-23-22(19-31)24(26(35)30-12-4-3-5-13-30)29-33(23)14-7-9-20-8-6-11-27-16-20/h6,8,11,16-18H,2-5,7,9-10,12-15,19H2,1H3. The van der Waals surface area contributed by atoms with Crippen LogP contribution in [-0.4, -0.2) is 65.8 Å². The Labute approximate surface area is 205 Å². The predicted octanol–water partition coefficient (Wildman–Crippen LogP) is 2.95. The number of likely N-dealkylation sites (tertiary alicyclic amines) is 1. The Kier molecular flexibility index (Phi) is 6.92. The van der Waals surface area contributed by atoms with E-state index >= 15 is 0 Å². The first-order chi connectivity index (χ1) is 17.1. The molecule has 2 aliphatic heterocycles. The Bertz CT molecular complexity index is 1180. The minimum atomic E-state index is -0.0453. The molecule has 0 aliphatic carbocycles. The molecule has 5 heterocycles. The first kappa shape index (κ1) is 23.3. The molecule has 0 unspecified atom stereocenters. The van der Waals surface area contributed by atoms with Crippen molar-refractivity contribution in [2.75, 3.05) is 19.6 Å². The lowest BCUT2D eigenvalue weighted by molar-refractivity contribution is 0.0697. The highest BCUT2D eigenvalue weighted by molar-refractivity contribution is 5.96. The smallest absolute Gasteiger partial charge is 0.274 e. The van der Waals surface area contributed by atoms with Gasteiger partial charge in [0, 0.05) is 69.0 Å². The van der Waals surface area contributed by atoms with Crippen LogP contribution in [-0.2, 0) is 32.5 Å². The molecule has 0 bridgehead atoms. The van der Waals surface area contributed by atoms with Gasteiger partial charge in [-0.1, -0.05) is 6.07 Å². The number of nitrogens with zero attached hydrogens (tertiary/aromatic N) is 7. The first-order valence-corrected chi connectivity index (χ1v) is 12.7. The molecule has 2 aliphatic rings. The van der Waals surface area contributed by atoms with Crippen LogP contribution in [0.3, 0.4) is 0 Å². The van der Waals surface area contributed by atoms with E-state index in [0.717, 1.165) is 63.1 Å². The van der Waals surface area contributed by atoms with Crippen LogP contribution in [0.5, 0.6) is 0 Å². The molecule has 9 heteroatoms. The van der Waals surface area contributed by atoms with Crippen LogP contribution in [0.15, 0.2) is 36.9 Å². The lowest BCUT2D eigenvalue weighted by atomic mass is 10.0. The SMILES string of the molecule is CCn1cc(C(=O)N2CCc3c(c(C(=O)N4CCCCC4)nn3CCCc3cccnc3)C2)cn1. The summed E-state index contributed by atoms with van der Waals surface area (Å²) in [5, 5.41) is 9.09. The van der Waals surface area contributed by atoms with Crippen molar-refractivity contribution in [1.82, 2.24) is 34.3 Å². The first-order valence-electron chi connectivity index (χ1n) is 12.7. The number of carbonyl (C=O) groups is 2. The third kappa shape index (κ3) is 4.99. The highest BCUT2D eigenvalue weighted by Crippen LogP contribution is 2.26. The minimum absolute atomic E-state index is 0.0000564. The molecule has 0 radical (unpaired) electrons. The van der Waals surface area contributed by atoms with Gasteiger partial charge in [-0.2, -0.15) is 10.2 Å². The van der Waals surface area contributed by atoms with Crippen LogP contribution in [0.1, 0.15) is 70.3 Å². The van der Waals surface area contributed by atoms with Gasteiger partial charge in [0.15, 0.2) is 5.69 Å². The summed E-state index contributed by atoms with van der Waals surface area (Å²) < 4.78 is 3.77. The third-order valence-electron chi connectivity index (χ3n) is 7.03. The van der Waals surface area contributed by atoms with E-state index in [9.17, 15) is 9.59 Å². The van der Waals surface area contributed by atoms with Gasteiger partial charge in [-0.25, -0.2) is 0 Å². The van der Waals surface area contributed by atoms with Gasteiger partial charge in [-0.05, 0) is 50.7 Å². The van der Waals surface area contributed by atoms with Crippen molar-refractivity contribution in [3.05, 3.63) is 65.0 Å².